The molecule has 0 radical (unpaired) electrons. The van der Waals surface area contributed by atoms with Crippen molar-refractivity contribution in [1.82, 2.24) is 4.57 Å². The van der Waals surface area contributed by atoms with E-state index in [9.17, 15) is 9.59 Å². The zero-order valence-electron chi connectivity index (χ0n) is 7.27. The van der Waals surface area contributed by atoms with Gasteiger partial charge in [0, 0.05) is 24.4 Å². The van der Waals surface area contributed by atoms with Crippen LogP contribution in [-0.4, -0.2) is 17.4 Å². The maximum absolute atomic E-state index is 11.2. The van der Waals surface area contributed by atoms with Crippen LogP contribution in [0.1, 0.15) is 16.8 Å². The Morgan fingerprint density at radius 2 is 2.23 bits per heavy atom. The fourth-order valence-corrected chi connectivity index (χ4v) is 1.06. The van der Waals surface area contributed by atoms with Crippen molar-refractivity contribution in [2.45, 2.75) is 13.0 Å². The first-order chi connectivity index (χ1) is 6.27. The Labute approximate surface area is 76.0 Å². The van der Waals surface area contributed by atoms with Crippen LogP contribution in [0.2, 0.25) is 0 Å². The number of aromatic nitrogens is 1. The first kappa shape index (κ1) is 9.67. The van der Waals surface area contributed by atoms with Crippen molar-refractivity contribution in [2.24, 2.45) is 5.73 Å². The fraction of sp³-hybridized carbons (Fsp3) is 0.333. The molecular weight excluding hydrogens is 168 g/mol. The molecule has 0 aliphatic carbocycles. The molecule has 0 spiro atoms. The van der Waals surface area contributed by atoms with Gasteiger partial charge in [0.15, 0.2) is 6.29 Å². The zero-order chi connectivity index (χ0) is 9.68. The van der Waals surface area contributed by atoms with Crippen LogP contribution in [0.15, 0.2) is 23.1 Å². The summed E-state index contributed by atoms with van der Waals surface area (Å²) in [5, 5.41) is 0. The number of hydrogen-bond donors (Lipinski definition) is 1. The molecule has 0 saturated carbocycles. The van der Waals surface area contributed by atoms with E-state index in [0.717, 1.165) is 12.7 Å². The molecule has 0 fully saturated rings. The lowest BCUT2D eigenvalue weighted by Gasteiger charge is -2.03. The molecule has 4 nitrogen and oxygen atoms in total. The summed E-state index contributed by atoms with van der Waals surface area (Å²) in [6, 6.07) is 2.90. The van der Waals surface area contributed by atoms with E-state index in [2.05, 4.69) is 0 Å². The molecule has 13 heavy (non-hydrogen) atoms. The summed E-state index contributed by atoms with van der Waals surface area (Å²) in [5.74, 6) is 0. The van der Waals surface area contributed by atoms with Gasteiger partial charge in [0.25, 0.3) is 5.56 Å². The lowest BCUT2D eigenvalue weighted by atomic mass is 10.3. The minimum Gasteiger partial charge on any atom is -0.330 e. The molecule has 1 rings (SSSR count). The van der Waals surface area contributed by atoms with E-state index < -0.39 is 0 Å². The molecule has 70 valence electrons. The number of aryl methyl sites for hydroxylation is 1. The van der Waals surface area contributed by atoms with E-state index in [1.54, 1.807) is 6.20 Å². The van der Waals surface area contributed by atoms with Gasteiger partial charge in [-0.2, -0.15) is 0 Å². The Hall–Kier alpha value is -1.42. The Kier molecular flexibility index (Phi) is 3.40. The van der Waals surface area contributed by atoms with Gasteiger partial charge in [0.1, 0.15) is 0 Å². The number of carbonyl (C=O) groups excluding carboxylic acids is 1. The van der Waals surface area contributed by atoms with Gasteiger partial charge in [0.05, 0.1) is 0 Å². The maximum Gasteiger partial charge on any atom is 0.250 e. The van der Waals surface area contributed by atoms with Crippen LogP contribution < -0.4 is 11.3 Å². The lowest BCUT2D eigenvalue weighted by Crippen LogP contribution is -2.20. The molecule has 0 bridgehead atoms. The Balaban J connectivity index is 2.90. The van der Waals surface area contributed by atoms with Gasteiger partial charge in [-0.05, 0) is 19.0 Å². The highest BCUT2D eigenvalue weighted by molar-refractivity contribution is 5.73. The second-order valence-corrected chi connectivity index (χ2v) is 2.75. The molecule has 0 unspecified atom stereocenters. The maximum atomic E-state index is 11.2. The van der Waals surface area contributed by atoms with Gasteiger partial charge < -0.3 is 10.3 Å². The Morgan fingerprint density at radius 1 is 1.46 bits per heavy atom. The second kappa shape index (κ2) is 4.57. The van der Waals surface area contributed by atoms with Crippen LogP contribution in [0.25, 0.3) is 0 Å². The minimum atomic E-state index is -0.0981. The van der Waals surface area contributed by atoms with E-state index in [-0.39, 0.29) is 5.56 Å². The lowest BCUT2D eigenvalue weighted by molar-refractivity contribution is 0.112. The predicted octanol–water partition coefficient (Wildman–Crippen LogP) is 0.00960. The summed E-state index contributed by atoms with van der Waals surface area (Å²) < 4.78 is 1.50. The molecule has 0 amide bonds. The summed E-state index contributed by atoms with van der Waals surface area (Å²) in [6.45, 7) is 1.11. The zero-order valence-corrected chi connectivity index (χ0v) is 7.27. The summed E-state index contributed by atoms with van der Waals surface area (Å²) in [6.07, 6.45) is 3.01. The molecule has 0 aliphatic rings. The average Bonchev–Trinajstić information content (AvgIpc) is 2.17. The first-order valence-corrected chi connectivity index (χ1v) is 4.13. The smallest absolute Gasteiger partial charge is 0.250 e. The van der Waals surface area contributed by atoms with Crippen LogP contribution in [0.5, 0.6) is 0 Å². The van der Waals surface area contributed by atoms with Crippen LogP contribution in [-0.2, 0) is 6.54 Å². The van der Waals surface area contributed by atoms with E-state index >= 15 is 0 Å². The molecule has 1 heterocycles. The summed E-state index contributed by atoms with van der Waals surface area (Å²) in [5.41, 5.74) is 5.72. The normalized spacial score (nSPS) is 9.92. The summed E-state index contributed by atoms with van der Waals surface area (Å²) in [4.78, 5) is 21.6. The minimum absolute atomic E-state index is 0.0981. The van der Waals surface area contributed by atoms with Gasteiger partial charge in [-0.25, -0.2) is 0 Å². The monoisotopic (exact) mass is 180 g/mol. The number of rotatable bonds is 4. The number of pyridine rings is 1. The van der Waals surface area contributed by atoms with E-state index in [1.807, 2.05) is 0 Å². The summed E-state index contributed by atoms with van der Waals surface area (Å²) >= 11 is 0. The second-order valence-electron chi connectivity index (χ2n) is 2.75. The third kappa shape index (κ3) is 2.52. The fourth-order valence-electron chi connectivity index (χ4n) is 1.06. The van der Waals surface area contributed by atoms with Crippen LogP contribution in [0, 0.1) is 0 Å². The van der Waals surface area contributed by atoms with Crippen LogP contribution >= 0.6 is 0 Å². The molecule has 2 N–H and O–H groups in total. The third-order valence-electron chi connectivity index (χ3n) is 1.75. The topological polar surface area (TPSA) is 65.1 Å². The van der Waals surface area contributed by atoms with Gasteiger partial charge in [-0.1, -0.05) is 0 Å². The number of nitrogens with zero attached hydrogens (tertiary/aromatic N) is 1. The number of nitrogens with two attached hydrogens (primary N) is 1. The molecule has 4 heteroatoms. The van der Waals surface area contributed by atoms with E-state index in [1.165, 1.54) is 16.7 Å². The molecule has 1 aromatic rings. The molecule has 0 saturated heterocycles. The molecular formula is C9H12N2O2. The highest BCUT2D eigenvalue weighted by Gasteiger charge is 1.96. The quantitative estimate of drug-likeness (QED) is 0.664. The van der Waals surface area contributed by atoms with E-state index in [4.69, 9.17) is 5.73 Å². The van der Waals surface area contributed by atoms with Gasteiger partial charge in [-0.3, -0.25) is 9.59 Å². The van der Waals surface area contributed by atoms with Crippen molar-refractivity contribution >= 4 is 6.29 Å². The van der Waals surface area contributed by atoms with Crippen LogP contribution in [0.4, 0.5) is 0 Å². The van der Waals surface area contributed by atoms with Crippen LogP contribution in [0.3, 0.4) is 0 Å². The van der Waals surface area contributed by atoms with Gasteiger partial charge in [0.2, 0.25) is 0 Å². The van der Waals surface area contributed by atoms with Crippen molar-refractivity contribution in [3.05, 3.63) is 34.2 Å². The SMILES string of the molecule is NCCCn1cc(C=O)ccc1=O. The number of aldehydes is 1. The summed E-state index contributed by atoms with van der Waals surface area (Å²) in [7, 11) is 0. The van der Waals surface area contributed by atoms with Gasteiger partial charge in [-0.15, -0.1) is 0 Å². The van der Waals surface area contributed by atoms with Crippen molar-refractivity contribution in [3.8, 4) is 0 Å². The number of hydrogen-bond acceptors (Lipinski definition) is 3. The highest BCUT2D eigenvalue weighted by atomic mass is 16.1. The van der Waals surface area contributed by atoms with Crippen molar-refractivity contribution in [3.63, 3.8) is 0 Å². The van der Waals surface area contributed by atoms with Gasteiger partial charge >= 0.3 is 0 Å². The molecule has 0 aliphatic heterocycles. The van der Waals surface area contributed by atoms with E-state index in [0.29, 0.717) is 18.7 Å². The molecule has 0 atom stereocenters. The van der Waals surface area contributed by atoms with Crippen molar-refractivity contribution < 1.29 is 4.79 Å². The van der Waals surface area contributed by atoms with Crippen molar-refractivity contribution in [1.29, 1.82) is 0 Å². The standard InChI is InChI=1S/C9H12N2O2/c10-4-1-5-11-6-8(7-12)2-3-9(11)13/h2-3,6-7H,1,4-5,10H2. The largest absolute Gasteiger partial charge is 0.330 e. The third-order valence-corrected chi connectivity index (χ3v) is 1.75. The number of carbonyl (C=O) groups is 1. The molecule has 0 aromatic carbocycles. The Bertz CT molecular complexity index is 344. The molecule has 1 aromatic heterocycles. The average molecular weight is 180 g/mol. The highest BCUT2D eigenvalue weighted by Crippen LogP contribution is 1.92. The predicted molar refractivity (Wildman–Crippen MR) is 49.8 cm³/mol. The van der Waals surface area contributed by atoms with Crippen molar-refractivity contribution in [2.75, 3.05) is 6.54 Å². The first-order valence-electron chi connectivity index (χ1n) is 4.13. The Morgan fingerprint density at radius 3 is 2.85 bits per heavy atom.